The summed E-state index contributed by atoms with van der Waals surface area (Å²) in [6.07, 6.45) is 0. The number of hydrogen-bond acceptors (Lipinski definition) is 6. The average molecular weight is 1750 g/mol. The minimum atomic E-state index is -2.29. The molecule has 20 aromatic carbocycles. The van der Waals surface area contributed by atoms with Gasteiger partial charge in [-0.1, -0.05) is 258 Å². The first kappa shape index (κ1) is 79.5. The van der Waals surface area contributed by atoms with Gasteiger partial charge in [-0.15, -0.1) is 22.7 Å². The first-order valence-electron chi connectivity index (χ1n) is 42.6. The number of thiophene rings is 2. The Balaban J connectivity index is 0.000000148. The number of anilines is 12. The highest BCUT2D eigenvalue weighted by Crippen LogP contribution is 2.59. The molecule has 2 aliphatic carbocycles. The fourth-order valence-electron chi connectivity index (χ4n) is 20.4. The lowest BCUT2D eigenvalue weighted by molar-refractivity contribution is 0.380. The molecule has 0 unspecified atom stereocenters. The molecule has 0 saturated carbocycles. The van der Waals surface area contributed by atoms with Crippen LogP contribution in [0.1, 0.15) is 49.9 Å². The van der Waals surface area contributed by atoms with Gasteiger partial charge in [-0.25, -0.2) is 43.9 Å². The van der Waals surface area contributed by atoms with Crippen molar-refractivity contribution in [2.24, 2.45) is 0 Å². The smallest absolute Gasteiger partial charge is 0.200 e. The minimum absolute atomic E-state index is 0.108. The van der Waals surface area contributed by atoms with Gasteiger partial charge in [-0.3, -0.25) is 0 Å². The maximum Gasteiger partial charge on any atom is 0.200 e. The Morgan fingerprint density at radius 3 is 0.915 bits per heavy atom. The van der Waals surface area contributed by atoms with Crippen molar-refractivity contribution in [3.05, 3.63) is 432 Å². The zero-order chi connectivity index (χ0) is 88.6. The first-order chi connectivity index (χ1) is 63.2. The Morgan fingerprint density at radius 1 is 0.192 bits per heavy atom. The van der Waals surface area contributed by atoms with Crippen molar-refractivity contribution in [3.63, 3.8) is 0 Å². The molecule has 0 aliphatic heterocycles. The lowest BCUT2D eigenvalue weighted by Gasteiger charge is -2.37. The van der Waals surface area contributed by atoms with Crippen molar-refractivity contribution in [3.8, 4) is 22.3 Å². The second-order valence-electron chi connectivity index (χ2n) is 34.1. The van der Waals surface area contributed by atoms with Gasteiger partial charge in [0.1, 0.15) is 11.4 Å². The molecule has 0 amide bonds. The summed E-state index contributed by atoms with van der Waals surface area (Å²) in [5.74, 6) is -21.0. The van der Waals surface area contributed by atoms with Crippen molar-refractivity contribution < 1.29 is 43.9 Å². The van der Waals surface area contributed by atoms with E-state index in [-0.39, 0.29) is 28.2 Å². The molecular weight excluding hydrogens is 1680 g/mol. The number of rotatable bonds is 12. The van der Waals surface area contributed by atoms with Crippen LogP contribution in [0.3, 0.4) is 0 Å². The molecule has 16 heteroatoms. The van der Waals surface area contributed by atoms with Crippen LogP contribution in [0.15, 0.2) is 352 Å². The normalized spacial score (nSPS) is 13.0. The molecule has 0 atom stereocenters. The van der Waals surface area contributed by atoms with E-state index in [2.05, 4.69) is 242 Å². The maximum atomic E-state index is 15.9. The quantitative estimate of drug-likeness (QED) is 0.0523. The summed E-state index contributed by atoms with van der Waals surface area (Å²) in [5.41, 5.74) is 12.2. The van der Waals surface area contributed by atoms with Crippen LogP contribution in [0.5, 0.6) is 0 Å². The molecule has 0 bridgehead atoms. The zero-order valence-electron chi connectivity index (χ0n) is 69.9. The van der Waals surface area contributed by atoms with Gasteiger partial charge >= 0.3 is 0 Å². The molecule has 24 rings (SSSR count). The van der Waals surface area contributed by atoms with E-state index >= 15 is 17.6 Å². The van der Waals surface area contributed by atoms with Crippen LogP contribution in [0, 0.1) is 58.2 Å². The second kappa shape index (κ2) is 30.3. The van der Waals surface area contributed by atoms with Crippen LogP contribution < -0.4 is 19.6 Å². The monoisotopic (exact) mass is 1750 g/mol. The van der Waals surface area contributed by atoms with Crippen molar-refractivity contribution in [2.45, 2.75) is 38.5 Å². The Kier molecular flexibility index (Phi) is 18.5. The van der Waals surface area contributed by atoms with E-state index in [1.165, 1.54) is 142 Å². The van der Waals surface area contributed by atoms with E-state index in [4.69, 9.17) is 0 Å². The number of nitrogens with zero attached hydrogens (tertiary/aromatic N) is 4. The minimum Gasteiger partial charge on any atom is -0.309 e. The Labute approximate surface area is 747 Å². The molecule has 0 radical (unpaired) electrons. The van der Waals surface area contributed by atoms with Gasteiger partial charge in [0.2, 0.25) is 11.6 Å². The molecule has 130 heavy (non-hydrogen) atoms. The molecule has 2 aliphatic rings. The molecular formula is C114H70F10N4S2. The Bertz CT molecular complexity index is 8480. The summed E-state index contributed by atoms with van der Waals surface area (Å²) in [6, 6.07) is 118. The molecule has 2 aromatic heterocycles. The highest BCUT2D eigenvalue weighted by Gasteiger charge is 2.41. The molecule has 4 nitrogen and oxygen atoms in total. The molecule has 0 N–H and O–H groups in total. The molecule has 22 aromatic rings. The summed E-state index contributed by atoms with van der Waals surface area (Å²) in [4.78, 5) is 6.99. The zero-order valence-corrected chi connectivity index (χ0v) is 71.5. The van der Waals surface area contributed by atoms with Crippen LogP contribution in [0.4, 0.5) is 112 Å². The SMILES string of the molecule is CC1(C)c2cc(N(c3ccccc3)c3c(F)c(F)c(F)c(F)c3F)ccc2-c2cc3c4ccccc4c(N(c4ccccc4)c4c(F)c(F)c(F)c(F)c4F)cc3c3cccc1c23.CC1(C)c2cc(N(c3ccccc3)c3cccc4c3sc3ccccc34)ccc2-c2cc3c4ccccc4c(N(c4ccccc4)c4cccc5c4sc4ccccc45)cc3c3cccc1c23. The second-order valence-corrected chi connectivity index (χ2v) is 36.2. The standard InChI is InChI=1S/C63H42N2S2.C51H28F10N2/c1-63(2)53-29-15-26-47-51-38-57(65(40-20-7-4-8-21-40)56-31-17-28-49-46-25-12-14-33-59(46)67-62(49)56)44-23-10-9-22-42(44)50(51)37-52(60(47)53)43-35-34-41(36-54(43)63)64(39-18-5-3-6-19-39)55-30-16-27-48-45-24-11-13-32-58(45)66-61(48)55;1-51(2)35-19-11-18-31-33-24-37(63(26-14-7-4-8-15-26)50-47(60)43(56)40(53)44(57)48(50)61)30-17-10-9-16-28(30)32(33)23-34(38(31)35)29-21-20-27(22-36(29)51)62(25-12-5-3-6-13-25)49-45(58)41(54)39(52)42(55)46(49)59/h3-38H,1-2H3;3-24H,1-2H3. The van der Waals surface area contributed by atoms with Gasteiger partial charge in [0.25, 0.3) is 0 Å². The van der Waals surface area contributed by atoms with E-state index in [0.29, 0.717) is 38.1 Å². The molecule has 628 valence electrons. The van der Waals surface area contributed by atoms with Gasteiger partial charge < -0.3 is 19.6 Å². The average Bonchev–Trinajstić information content (AvgIpc) is 0.776. The summed E-state index contributed by atoms with van der Waals surface area (Å²) in [5, 5.41) is 16.5. The summed E-state index contributed by atoms with van der Waals surface area (Å²) < 4.78 is 157. The number of benzene rings is 20. The van der Waals surface area contributed by atoms with Crippen LogP contribution in [-0.4, -0.2) is 0 Å². The van der Waals surface area contributed by atoms with E-state index in [0.717, 1.165) is 43.4 Å². The summed E-state index contributed by atoms with van der Waals surface area (Å²) in [7, 11) is 0. The number of hydrogen-bond donors (Lipinski definition) is 0. The number of para-hydroxylation sites is 4. The third kappa shape index (κ3) is 12.0. The summed E-state index contributed by atoms with van der Waals surface area (Å²) >= 11 is 3.76. The summed E-state index contributed by atoms with van der Waals surface area (Å²) in [6.45, 7) is 8.70. The van der Waals surface area contributed by atoms with E-state index < -0.39 is 75.0 Å². The Hall–Kier alpha value is -15.1. The topological polar surface area (TPSA) is 13.0 Å². The lowest BCUT2D eigenvalue weighted by Crippen LogP contribution is -2.25. The van der Waals surface area contributed by atoms with Gasteiger partial charge in [0.05, 0.1) is 32.1 Å². The fourth-order valence-corrected chi connectivity index (χ4v) is 22.8. The Morgan fingerprint density at radius 2 is 0.492 bits per heavy atom. The first-order valence-corrected chi connectivity index (χ1v) is 44.2. The molecule has 0 spiro atoms. The molecule has 0 fully saturated rings. The number of halogens is 10. The van der Waals surface area contributed by atoms with Crippen LogP contribution >= 0.6 is 22.7 Å². The fraction of sp³-hybridized carbons (Fsp3) is 0.0526. The molecule has 0 saturated heterocycles. The van der Waals surface area contributed by atoms with Crippen LogP contribution in [0.2, 0.25) is 0 Å². The van der Waals surface area contributed by atoms with E-state index in [1.54, 1.807) is 78.9 Å². The largest absolute Gasteiger partial charge is 0.309 e. The lowest BCUT2D eigenvalue weighted by atomic mass is 9.68. The highest BCUT2D eigenvalue weighted by molar-refractivity contribution is 7.26. The predicted octanol–water partition coefficient (Wildman–Crippen LogP) is 34.9. The van der Waals surface area contributed by atoms with Gasteiger partial charge in [-0.2, -0.15) is 0 Å². The van der Waals surface area contributed by atoms with Gasteiger partial charge in [0.15, 0.2) is 46.5 Å². The van der Waals surface area contributed by atoms with E-state index in [9.17, 15) is 26.3 Å². The predicted molar refractivity (Wildman–Crippen MR) is 517 cm³/mol. The van der Waals surface area contributed by atoms with Crippen molar-refractivity contribution in [1.29, 1.82) is 0 Å². The highest BCUT2D eigenvalue weighted by atomic mass is 32.1. The van der Waals surface area contributed by atoms with Crippen molar-refractivity contribution >= 4 is 196 Å². The third-order valence-electron chi connectivity index (χ3n) is 26.4. The van der Waals surface area contributed by atoms with E-state index in [1.807, 2.05) is 60.8 Å². The third-order valence-corrected chi connectivity index (χ3v) is 28.8. The van der Waals surface area contributed by atoms with Crippen LogP contribution in [-0.2, 0) is 10.8 Å². The van der Waals surface area contributed by atoms with Crippen LogP contribution in [0.25, 0.3) is 127 Å². The number of fused-ring (bicyclic) bond motifs is 18. The molecule has 2 heterocycles. The maximum absolute atomic E-state index is 15.9. The van der Waals surface area contributed by atoms with Crippen molar-refractivity contribution in [1.82, 2.24) is 0 Å². The van der Waals surface area contributed by atoms with Gasteiger partial charge in [-0.05, 0) is 220 Å². The van der Waals surface area contributed by atoms with Crippen molar-refractivity contribution in [2.75, 3.05) is 19.6 Å². The van der Waals surface area contributed by atoms with Gasteiger partial charge in [0, 0.05) is 86.7 Å².